The molecule has 5 nitrogen and oxygen atoms in total. The van der Waals surface area contributed by atoms with E-state index in [0.29, 0.717) is 0 Å². The predicted octanol–water partition coefficient (Wildman–Crippen LogP) is 2.88. The van der Waals surface area contributed by atoms with Gasteiger partial charge in [0.15, 0.2) is 0 Å². The van der Waals surface area contributed by atoms with Gasteiger partial charge in [0.05, 0.1) is 23.8 Å². The Morgan fingerprint density at radius 3 is 2.48 bits per heavy atom. The number of hydrogen-bond acceptors (Lipinski definition) is 4. The van der Waals surface area contributed by atoms with E-state index >= 15 is 0 Å². The molecule has 118 valence electrons. The van der Waals surface area contributed by atoms with Gasteiger partial charge in [-0.05, 0) is 33.6 Å². The van der Waals surface area contributed by atoms with Crippen LogP contribution in [-0.2, 0) is 6.54 Å². The summed E-state index contributed by atoms with van der Waals surface area (Å²) in [5.41, 5.74) is 0.886. The second-order valence-corrected chi connectivity index (χ2v) is 6.44. The second-order valence-electron chi connectivity index (χ2n) is 4.85. The summed E-state index contributed by atoms with van der Waals surface area (Å²) in [6.07, 6.45) is 1.50. The Morgan fingerprint density at radius 2 is 1.87 bits per heavy atom. The molecule has 3 rings (SSSR count). The van der Waals surface area contributed by atoms with E-state index in [1.165, 1.54) is 32.7 Å². The summed E-state index contributed by atoms with van der Waals surface area (Å²) in [5.74, 6) is 0.730. The van der Waals surface area contributed by atoms with Crippen molar-refractivity contribution in [3.8, 4) is 11.4 Å². The lowest BCUT2D eigenvalue weighted by molar-refractivity contribution is 0.414. The van der Waals surface area contributed by atoms with Crippen molar-refractivity contribution < 1.29 is 4.74 Å². The molecule has 2 aromatic heterocycles. The Morgan fingerprint density at radius 1 is 1.13 bits per heavy atom. The molecule has 0 atom stereocenters. The first-order valence-electron chi connectivity index (χ1n) is 6.77. The number of rotatable bonds is 4. The van der Waals surface area contributed by atoms with Crippen LogP contribution in [0.25, 0.3) is 5.69 Å². The van der Waals surface area contributed by atoms with Crippen molar-refractivity contribution in [3.63, 3.8) is 0 Å². The molecule has 2 heterocycles. The SMILES string of the molecule is COc1ccc(Cn2c(=O)ccn(-c3cscc3Br)c2=O)cc1. The third-order valence-electron chi connectivity index (χ3n) is 3.42. The molecule has 0 aliphatic rings. The smallest absolute Gasteiger partial charge is 0.335 e. The summed E-state index contributed by atoms with van der Waals surface area (Å²) in [6, 6.07) is 8.68. The van der Waals surface area contributed by atoms with Crippen molar-refractivity contribution in [2.45, 2.75) is 6.54 Å². The standard InChI is InChI=1S/C16H13BrN2O3S/c1-22-12-4-2-11(3-5-12)8-19-15(20)6-7-18(16(19)21)14-10-23-9-13(14)17/h2-7,9-10H,8H2,1H3. The van der Waals surface area contributed by atoms with Crippen LogP contribution in [-0.4, -0.2) is 16.2 Å². The molecule has 0 amide bonds. The van der Waals surface area contributed by atoms with Crippen molar-refractivity contribution in [3.05, 3.63) is 78.2 Å². The molecule has 0 aliphatic heterocycles. The molecular weight excluding hydrogens is 380 g/mol. The largest absolute Gasteiger partial charge is 0.497 e. The van der Waals surface area contributed by atoms with E-state index in [9.17, 15) is 9.59 Å². The van der Waals surface area contributed by atoms with Gasteiger partial charge in [-0.3, -0.25) is 13.9 Å². The molecule has 7 heteroatoms. The van der Waals surface area contributed by atoms with Crippen molar-refractivity contribution >= 4 is 27.3 Å². The third-order valence-corrected chi connectivity index (χ3v) is 5.09. The molecule has 0 saturated heterocycles. The highest BCUT2D eigenvalue weighted by molar-refractivity contribution is 9.10. The first-order valence-corrected chi connectivity index (χ1v) is 8.51. The molecule has 0 aliphatic carbocycles. The highest BCUT2D eigenvalue weighted by Gasteiger charge is 2.10. The Bertz CT molecular complexity index is 941. The number of nitrogens with zero attached hydrogens (tertiary/aromatic N) is 2. The normalized spacial score (nSPS) is 10.7. The topological polar surface area (TPSA) is 53.2 Å². The zero-order valence-electron chi connectivity index (χ0n) is 12.2. The van der Waals surface area contributed by atoms with Gasteiger partial charge in [0.2, 0.25) is 0 Å². The average Bonchev–Trinajstić information content (AvgIpc) is 2.98. The molecule has 0 spiro atoms. The molecule has 23 heavy (non-hydrogen) atoms. The summed E-state index contributed by atoms with van der Waals surface area (Å²) in [4.78, 5) is 24.7. The van der Waals surface area contributed by atoms with Gasteiger partial charge in [0.1, 0.15) is 5.75 Å². The van der Waals surface area contributed by atoms with Crippen LogP contribution < -0.4 is 16.0 Å². The summed E-state index contributed by atoms with van der Waals surface area (Å²) in [7, 11) is 1.59. The van der Waals surface area contributed by atoms with Crippen LogP contribution in [0.4, 0.5) is 0 Å². The number of hydrogen-bond donors (Lipinski definition) is 0. The minimum absolute atomic E-state index is 0.213. The Hall–Kier alpha value is -2.12. The van der Waals surface area contributed by atoms with Crippen LogP contribution in [0.3, 0.4) is 0 Å². The van der Waals surface area contributed by atoms with Gasteiger partial charge in [-0.15, -0.1) is 11.3 Å². The number of aromatic nitrogens is 2. The lowest BCUT2D eigenvalue weighted by atomic mass is 10.2. The minimum Gasteiger partial charge on any atom is -0.497 e. The van der Waals surface area contributed by atoms with Gasteiger partial charge < -0.3 is 4.74 Å². The summed E-state index contributed by atoms with van der Waals surface area (Å²) >= 11 is 4.89. The number of halogens is 1. The molecule has 0 radical (unpaired) electrons. The van der Waals surface area contributed by atoms with E-state index in [-0.39, 0.29) is 17.8 Å². The van der Waals surface area contributed by atoms with Crippen LogP contribution in [0.5, 0.6) is 5.75 Å². The number of methoxy groups -OCH3 is 1. The van der Waals surface area contributed by atoms with E-state index < -0.39 is 0 Å². The van der Waals surface area contributed by atoms with Gasteiger partial charge in [0, 0.05) is 23.0 Å². The third kappa shape index (κ3) is 3.16. The highest BCUT2D eigenvalue weighted by Crippen LogP contribution is 2.23. The summed E-state index contributed by atoms with van der Waals surface area (Å²) < 4.78 is 8.61. The quantitative estimate of drug-likeness (QED) is 0.685. The van der Waals surface area contributed by atoms with E-state index in [1.807, 2.05) is 22.9 Å². The van der Waals surface area contributed by atoms with Crippen molar-refractivity contribution in [2.24, 2.45) is 0 Å². The van der Waals surface area contributed by atoms with Gasteiger partial charge in [-0.2, -0.15) is 0 Å². The van der Waals surface area contributed by atoms with Crippen LogP contribution in [0.1, 0.15) is 5.56 Å². The number of thiophene rings is 1. The fraction of sp³-hybridized carbons (Fsp3) is 0.125. The number of benzene rings is 1. The van der Waals surface area contributed by atoms with Crippen LogP contribution in [0, 0.1) is 0 Å². The van der Waals surface area contributed by atoms with Crippen LogP contribution >= 0.6 is 27.3 Å². The lowest BCUT2D eigenvalue weighted by Crippen LogP contribution is -2.38. The summed E-state index contributed by atoms with van der Waals surface area (Å²) in [6.45, 7) is 0.213. The van der Waals surface area contributed by atoms with Gasteiger partial charge >= 0.3 is 5.69 Å². The molecular formula is C16H13BrN2O3S. The van der Waals surface area contributed by atoms with E-state index in [1.54, 1.807) is 19.2 Å². The van der Waals surface area contributed by atoms with E-state index in [4.69, 9.17) is 4.74 Å². The lowest BCUT2D eigenvalue weighted by Gasteiger charge is -2.10. The Labute approximate surface area is 144 Å². The van der Waals surface area contributed by atoms with Gasteiger partial charge in [-0.1, -0.05) is 12.1 Å². The van der Waals surface area contributed by atoms with Gasteiger partial charge in [0.25, 0.3) is 5.56 Å². The zero-order chi connectivity index (χ0) is 16.4. The molecule has 0 fully saturated rings. The maximum Gasteiger partial charge on any atom is 0.335 e. The number of ether oxygens (including phenoxy) is 1. The second kappa shape index (κ2) is 6.55. The predicted molar refractivity (Wildman–Crippen MR) is 94.0 cm³/mol. The monoisotopic (exact) mass is 392 g/mol. The Balaban J connectivity index is 2.03. The molecule has 0 bridgehead atoms. The summed E-state index contributed by atoms with van der Waals surface area (Å²) in [5, 5.41) is 3.74. The Kier molecular flexibility index (Phi) is 4.49. The molecule has 1 aromatic carbocycles. The van der Waals surface area contributed by atoms with Crippen LogP contribution in [0.2, 0.25) is 0 Å². The molecule has 0 unspecified atom stereocenters. The first-order chi connectivity index (χ1) is 11.1. The molecule has 0 saturated carbocycles. The van der Waals surface area contributed by atoms with Crippen LogP contribution in [0.15, 0.2) is 61.4 Å². The highest BCUT2D eigenvalue weighted by atomic mass is 79.9. The molecule has 3 aromatic rings. The zero-order valence-corrected chi connectivity index (χ0v) is 14.6. The average molecular weight is 393 g/mol. The van der Waals surface area contributed by atoms with Gasteiger partial charge in [-0.25, -0.2) is 4.79 Å². The van der Waals surface area contributed by atoms with E-state index in [2.05, 4.69) is 15.9 Å². The fourth-order valence-electron chi connectivity index (χ4n) is 2.21. The van der Waals surface area contributed by atoms with Crippen molar-refractivity contribution in [1.29, 1.82) is 0 Å². The minimum atomic E-state index is -0.368. The molecule has 0 N–H and O–H groups in total. The maximum absolute atomic E-state index is 12.7. The maximum atomic E-state index is 12.7. The fourth-order valence-corrected chi connectivity index (χ4v) is 3.66. The van der Waals surface area contributed by atoms with Crippen molar-refractivity contribution in [1.82, 2.24) is 9.13 Å². The first kappa shape index (κ1) is 15.8. The van der Waals surface area contributed by atoms with Crippen molar-refractivity contribution in [2.75, 3.05) is 7.11 Å². The van der Waals surface area contributed by atoms with E-state index in [0.717, 1.165) is 21.5 Å².